The molecule has 1 rings (SSSR count). The summed E-state index contributed by atoms with van der Waals surface area (Å²) >= 11 is 6.14. The molecule has 1 nitrogen and oxygen atoms in total. The number of aryl methyl sites for hydroxylation is 2. The molecule has 0 aromatic heterocycles. The molecule has 0 saturated heterocycles. The second-order valence-corrected chi connectivity index (χ2v) is 4.90. The van der Waals surface area contributed by atoms with E-state index in [0.717, 1.165) is 5.56 Å². The normalized spacial score (nSPS) is 13.6. The Morgan fingerprint density at radius 1 is 1.21 bits per heavy atom. The van der Waals surface area contributed by atoms with Gasteiger partial charge in [-0.3, -0.25) is 0 Å². The maximum atomic E-state index is 13.1. The topological polar surface area (TPSA) is 9.23 Å². The summed E-state index contributed by atoms with van der Waals surface area (Å²) in [6.45, 7) is 2.07. The highest BCUT2D eigenvalue weighted by atomic mass is 35.5. The lowest BCUT2D eigenvalue weighted by Gasteiger charge is -2.16. The van der Waals surface area contributed by atoms with Gasteiger partial charge >= 0.3 is 6.18 Å². The third kappa shape index (κ3) is 5.37. The third-order valence-electron chi connectivity index (χ3n) is 2.65. The molecule has 0 N–H and O–H groups in total. The number of alkyl halides is 4. The second kappa shape index (κ2) is 6.57. The zero-order valence-corrected chi connectivity index (χ0v) is 11.4. The van der Waals surface area contributed by atoms with Crippen molar-refractivity contribution < 1.29 is 22.3 Å². The van der Waals surface area contributed by atoms with E-state index in [1.54, 1.807) is 13.8 Å². The summed E-state index contributed by atoms with van der Waals surface area (Å²) < 4.78 is 53.3. The molecule has 1 atom stereocenters. The van der Waals surface area contributed by atoms with Crippen molar-refractivity contribution in [2.45, 2.75) is 31.8 Å². The molecule has 0 aliphatic heterocycles. The van der Waals surface area contributed by atoms with E-state index in [1.165, 1.54) is 12.1 Å². The summed E-state index contributed by atoms with van der Waals surface area (Å²) in [5.41, 5.74) is 2.13. The molecule has 0 radical (unpaired) electrons. The Labute approximate surface area is 114 Å². The highest BCUT2D eigenvalue weighted by molar-refractivity contribution is 6.21. The van der Waals surface area contributed by atoms with Crippen LogP contribution in [0.5, 0.6) is 0 Å². The maximum Gasteiger partial charge on any atom is 0.411 e. The van der Waals surface area contributed by atoms with Crippen molar-refractivity contribution in [1.82, 2.24) is 0 Å². The van der Waals surface area contributed by atoms with E-state index in [9.17, 15) is 17.6 Å². The summed E-state index contributed by atoms with van der Waals surface area (Å²) in [7, 11) is 0. The Morgan fingerprint density at radius 2 is 1.74 bits per heavy atom. The molecular formula is C13H15ClF4O. The summed E-state index contributed by atoms with van der Waals surface area (Å²) in [5, 5.41) is -0.492. The highest BCUT2D eigenvalue weighted by Gasteiger charge is 2.27. The molecule has 6 heteroatoms. The van der Waals surface area contributed by atoms with Gasteiger partial charge < -0.3 is 4.74 Å². The van der Waals surface area contributed by atoms with E-state index in [1.807, 2.05) is 0 Å². The number of benzene rings is 1. The summed E-state index contributed by atoms with van der Waals surface area (Å²) in [5.74, 6) is -0.351. The average molecular weight is 299 g/mol. The number of hydrogen-bond donors (Lipinski definition) is 0. The molecule has 1 aromatic rings. The second-order valence-electron chi connectivity index (χ2n) is 4.38. The summed E-state index contributed by atoms with van der Waals surface area (Å²) in [4.78, 5) is 0. The van der Waals surface area contributed by atoms with E-state index < -0.39 is 18.2 Å². The van der Waals surface area contributed by atoms with E-state index >= 15 is 0 Å². The van der Waals surface area contributed by atoms with Crippen molar-refractivity contribution in [1.29, 1.82) is 0 Å². The molecule has 108 valence electrons. The van der Waals surface area contributed by atoms with Crippen LogP contribution in [0.4, 0.5) is 17.6 Å². The van der Waals surface area contributed by atoms with E-state index in [2.05, 4.69) is 4.74 Å². The number of hydrogen-bond acceptors (Lipinski definition) is 1. The van der Waals surface area contributed by atoms with Gasteiger partial charge in [0.25, 0.3) is 0 Å². The average Bonchev–Trinajstić information content (AvgIpc) is 2.21. The first-order valence-corrected chi connectivity index (χ1v) is 6.19. The van der Waals surface area contributed by atoms with Crippen molar-refractivity contribution >= 4 is 11.6 Å². The Morgan fingerprint density at radius 3 is 2.21 bits per heavy atom. The Balaban J connectivity index is 2.57. The zero-order valence-electron chi connectivity index (χ0n) is 10.7. The minimum absolute atomic E-state index is 0.0933. The van der Waals surface area contributed by atoms with E-state index in [4.69, 9.17) is 11.6 Å². The molecule has 0 aliphatic rings. The Kier molecular flexibility index (Phi) is 5.62. The van der Waals surface area contributed by atoms with E-state index in [0.29, 0.717) is 11.1 Å². The first-order chi connectivity index (χ1) is 8.70. The number of halogens is 5. The van der Waals surface area contributed by atoms with Gasteiger partial charge in [0.2, 0.25) is 0 Å². The van der Waals surface area contributed by atoms with Crippen molar-refractivity contribution in [3.05, 3.63) is 34.6 Å². The smallest absolute Gasteiger partial charge is 0.372 e. The molecular weight excluding hydrogens is 284 g/mol. The van der Waals surface area contributed by atoms with Crippen molar-refractivity contribution in [2.75, 3.05) is 13.2 Å². The molecule has 0 amide bonds. The minimum atomic E-state index is -4.33. The third-order valence-corrected chi connectivity index (χ3v) is 3.09. The van der Waals surface area contributed by atoms with E-state index in [-0.39, 0.29) is 18.8 Å². The van der Waals surface area contributed by atoms with Crippen LogP contribution in [-0.4, -0.2) is 19.4 Å². The van der Waals surface area contributed by atoms with Crippen LogP contribution in [-0.2, 0) is 4.74 Å². The first-order valence-electron chi connectivity index (χ1n) is 5.76. The van der Waals surface area contributed by atoms with Gasteiger partial charge in [0.1, 0.15) is 12.4 Å². The van der Waals surface area contributed by atoms with Gasteiger partial charge in [-0.05, 0) is 49.1 Å². The van der Waals surface area contributed by atoms with Crippen LogP contribution < -0.4 is 0 Å². The van der Waals surface area contributed by atoms with Crippen molar-refractivity contribution in [3.8, 4) is 0 Å². The lowest BCUT2D eigenvalue weighted by molar-refractivity contribution is -0.174. The van der Waals surface area contributed by atoms with Crippen molar-refractivity contribution in [2.24, 2.45) is 0 Å². The van der Waals surface area contributed by atoms with Crippen molar-refractivity contribution in [3.63, 3.8) is 0 Å². The van der Waals surface area contributed by atoms with Gasteiger partial charge in [0.05, 0.1) is 5.38 Å². The van der Waals surface area contributed by atoms with Gasteiger partial charge in [0, 0.05) is 6.61 Å². The number of ether oxygens (including phenoxy) is 1. The first kappa shape index (κ1) is 16.2. The molecule has 0 fully saturated rings. The van der Waals surface area contributed by atoms with Gasteiger partial charge in [0.15, 0.2) is 0 Å². The fraction of sp³-hybridized carbons (Fsp3) is 0.538. The largest absolute Gasteiger partial charge is 0.411 e. The van der Waals surface area contributed by atoms with Crippen LogP contribution in [0.1, 0.15) is 28.5 Å². The van der Waals surface area contributed by atoms with Crippen LogP contribution >= 0.6 is 11.6 Å². The summed E-state index contributed by atoms with van der Waals surface area (Å²) in [6.07, 6.45) is -4.09. The SMILES string of the molecule is Cc1cc(F)cc(C)c1C(Cl)CCOCC(F)(F)F. The maximum absolute atomic E-state index is 13.1. The summed E-state index contributed by atoms with van der Waals surface area (Å²) in [6, 6.07) is 2.71. The molecule has 0 bridgehead atoms. The lowest BCUT2D eigenvalue weighted by Crippen LogP contribution is -2.17. The Hall–Kier alpha value is -0.810. The van der Waals surface area contributed by atoms with Crippen LogP contribution in [0.25, 0.3) is 0 Å². The lowest BCUT2D eigenvalue weighted by atomic mass is 9.98. The van der Waals surface area contributed by atoms with Gasteiger partial charge in [-0.2, -0.15) is 13.2 Å². The molecule has 0 heterocycles. The predicted molar refractivity (Wildman–Crippen MR) is 66.0 cm³/mol. The quantitative estimate of drug-likeness (QED) is 0.435. The molecule has 0 spiro atoms. The Bertz CT molecular complexity index is 408. The fourth-order valence-corrected chi connectivity index (χ4v) is 2.37. The predicted octanol–water partition coefficient (Wildman–Crippen LogP) is 4.69. The molecule has 0 saturated carbocycles. The van der Waals surface area contributed by atoms with Gasteiger partial charge in [-0.1, -0.05) is 0 Å². The number of rotatable bonds is 5. The monoisotopic (exact) mass is 298 g/mol. The highest BCUT2D eigenvalue weighted by Crippen LogP contribution is 2.30. The molecule has 19 heavy (non-hydrogen) atoms. The standard InChI is InChI=1S/C13H15ClF4O/c1-8-5-10(15)6-9(2)12(8)11(14)3-4-19-7-13(16,17)18/h5-6,11H,3-4,7H2,1-2H3. The minimum Gasteiger partial charge on any atom is -0.372 e. The van der Waals surface area contributed by atoms with Crippen LogP contribution in [0.3, 0.4) is 0 Å². The fourth-order valence-electron chi connectivity index (χ4n) is 1.93. The van der Waals surface area contributed by atoms with Crippen LogP contribution in [0.15, 0.2) is 12.1 Å². The van der Waals surface area contributed by atoms with Crippen LogP contribution in [0, 0.1) is 19.7 Å². The van der Waals surface area contributed by atoms with Crippen LogP contribution in [0.2, 0.25) is 0 Å². The molecule has 1 aromatic carbocycles. The molecule has 1 unspecified atom stereocenters. The van der Waals surface area contributed by atoms with Gasteiger partial charge in [-0.25, -0.2) is 4.39 Å². The molecule has 0 aliphatic carbocycles. The van der Waals surface area contributed by atoms with Gasteiger partial charge in [-0.15, -0.1) is 11.6 Å². The zero-order chi connectivity index (χ0) is 14.6.